The van der Waals surface area contributed by atoms with Crippen molar-refractivity contribution in [1.82, 2.24) is 4.90 Å². The molecule has 5 atom stereocenters. The summed E-state index contributed by atoms with van der Waals surface area (Å²) >= 11 is 0. The Morgan fingerprint density at radius 1 is 1.22 bits per heavy atom. The van der Waals surface area contributed by atoms with Crippen molar-refractivity contribution in [2.75, 3.05) is 26.3 Å². The topological polar surface area (TPSA) is 38.8 Å². The molecule has 0 spiro atoms. The first-order chi connectivity index (χ1) is 11.2. The number of hydrogen-bond donors (Lipinski definition) is 0. The molecule has 0 aromatic heterocycles. The molecule has 0 radical (unpaired) electrons. The lowest BCUT2D eigenvalue weighted by molar-refractivity contribution is -0.166. The summed E-state index contributed by atoms with van der Waals surface area (Å²) in [6.07, 6.45) is 0.0949. The van der Waals surface area contributed by atoms with Crippen LogP contribution >= 0.6 is 0 Å². The molecule has 23 heavy (non-hydrogen) atoms. The van der Waals surface area contributed by atoms with E-state index in [1.54, 1.807) is 0 Å². The number of benzene rings is 1. The first kappa shape index (κ1) is 16.5. The molecule has 0 amide bonds. The number of carbonyl (C=O) groups is 1. The van der Waals surface area contributed by atoms with E-state index >= 15 is 0 Å². The highest BCUT2D eigenvalue weighted by Crippen LogP contribution is 2.56. The van der Waals surface area contributed by atoms with E-state index in [1.165, 1.54) is 5.56 Å². The third-order valence-corrected chi connectivity index (χ3v) is 5.46. The second-order valence-corrected chi connectivity index (χ2v) is 6.40. The average Bonchev–Trinajstić information content (AvgIpc) is 2.92. The lowest BCUT2D eigenvalue weighted by Crippen LogP contribution is -2.62. The van der Waals surface area contributed by atoms with Crippen molar-refractivity contribution in [1.29, 1.82) is 0 Å². The molecular weight excluding hydrogens is 290 g/mol. The summed E-state index contributed by atoms with van der Waals surface area (Å²) in [6.45, 7) is 9.19. The van der Waals surface area contributed by atoms with E-state index in [0.29, 0.717) is 19.1 Å². The lowest BCUT2D eigenvalue weighted by Gasteiger charge is -2.52. The van der Waals surface area contributed by atoms with Crippen molar-refractivity contribution in [2.45, 2.75) is 32.9 Å². The molecule has 4 nitrogen and oxygen atoms in total. The fraction of sp³-hybridized carbons (Fsp3) is 0.632. The van der Waals surface area contributed by atoms with E-state index in [-0.39, 0.29) is 30.0 Å². The zero-order chi connectivity index (χ0) is 16.4. The van der Waals surface area contributed by atoms with Gasteiger partial charge in [0.2, 0.25) is 0 Å². The fourth-order valence-electron chi connectivity index (χ4n) is 4.41. The summed E-state index contributed by atoms with van der Waals surface area (Å²) in [6, 6.07) is 10.6. The molecule has 0 N–H and O–H groups in total. The summed E-state index contributed by atoms with van der Waals surface area (Å²) in [4.78, 5) is 14.8. The molecule has 1 aliphatic heterocycles. The van der Waals surface area contributed by atoms with Gasteiger partial charge in [-0.2, -0.15) is 0 Å². The predicted octanol–water partition coefficient (Wildman–Crippen LogP) is 2.89. The first-order valence-corrected chi connectivity index (χ1v) is 8.80. The van der Waals surface area contributed by atoms with Gasteiger partial charge in [0, 0.05) is 17.9 Å². The Balaban J connectivity index is 1.86. The van der Waals surface area contributed by atoms with Gasteiger partial charge in [-0.1, -0.05) is 44.2 Å². The lowest BCUT2D eigenvalue weighted by atomic mass is 9.58. The van der Waals surface area contributed by atoms with Crippen LogP contribution in [0.2, 0.25) is 0 Å². The molecular formula is C19H27NO3. The van der Waals surface area contributed by atoms with Crippen LogP contribution in [0.25, 0.3) is 0 Å². The molecule has 1 saturated heterocycles. The van der Waals surface area contributed by atoms with Gasteiger partial charge in [0.15, 0.2) is 0 Å². The fourth-order valence-corrected chi connectivity index (χ4v) is 4.41. The highest BCUT2D eigenvalue weighted by molar-refractivity contribution is 5.75. The van der Waals surface area contributed by atoms with Crippen molar-refractivity contribution < 1.29 is 14.3 Å². The second-order valence-electron chi connectivity index (χ2n) is 6.40. The normalized spacial score (nSPS) is 32.4. The van der Waals surface area contributed by atoms with Crippen LogP contribution in [-0.2, 0) is 14.3 Å². The minimum atomic E-state index is -0.0528. The average molecular weight is 317 g/mol. The number of ether oxygens (including phenoxy) is 2. The Morgan fingerprint density at radius 2 is 1.91 bits per heavy atom. The second kappa shape index (κ2) is 7.02. The maximum atomic E-state index is 12.5. The molecule has 1 aromatic rings. The molecule has 1 aromatic carbocycles. The van der Waals surface area contributed by atoms with Crippen LogP contribution in [0.3, 0.4) is 0 Å². The zero-order valence-corrected chi connectivity index (χ0v) is 14.3. The van der Waals surface area contributed by atoms with Crippen LogP contribution in [0.1, 0.15) is 32.4 Å². The van der Waals surface area contributed by atoms with E-state index in [2.05, 4.69) is 43.0 Å². The Kier molecular flexibility index (Phi) is 5.02. The summed E-state index contributed by atoms with van der Waals surface area (Å²) in [5.74, 6) is 0.563. The van der Waals surface area contributed by atoms with Gasteiger partial charge in [0.25, 0.3) is 0 Å². The van der Waals surface area contributed by atoms with Crippen LogP contribution in [0.4, 0.5) is 0 Å². The third-order valence-electron chi connectivity index (χ3n) is 5.46. The summed E-state index contributed by atoms with van der Waals surface area (Å²) in [7, 11) is 0. The Morgan fingerprint density at radius 3 is 2.52 bits per heavy atom. The van der Waals surface area contributed by atoms with Gasteiger partial charge in [0.05, 0.1) is 25.2 Å². The Labute approximate surface area is 138 Å². The summed E-state index contributed by atoms with van der Waals surface area (Å²) in [5.41, 5.74) is 1.22. The van der Waals surface area contributed by atoms with Gasteiger partial charge < -0.3 is 9.47 Å². The monoisotopic (exact) mass is 317 g/mol. The molecule has 2 aliphatic rings. The molecule has 1 heterocycles. The number of esters is 1. The minimum absolute atomic E-state index is 0.0476. The van der Waals surface area contributed by atoms with Gasteiger partial charge in [-0.3, -0.25) is 9.69 Å². The van der Waals surface area contributed by atoms with E-state index < -0.39 is 0 Å². The van der Waals surface area contributed by atoms with Crippen molar-refractivity contribution >= 4 is 5.97 Å². The number of carbonyl (C=O) groups excluding carboxylic acids is 1. The van der Waals surface area contributed by atoms with Gasteiger partial charge >= 0.3 is 5.97 Å². The predicted molar refractivity (Wildman–Crippen MR) is 88.9 cm³/mol. The van der Waals surface area contributed by atoms with Gasteiger partial charge in [0.1, 0.15) is 0 Å². The third kappa shape index (κ3) is 2.79. The van der Waals surface area contributed by atoms with E-state index in [4.69, 9.17) is 9.47 Å². The Bertz CT molecular complexity index is 529. The van der Waals surface area contributed by atoms with Gasteiger partial charge in [-0.15, -0.1) is 0 Å². The molecule has 1 saturated carbocycles. The zero-order valence-electron chi connectivity index (χ0n) is 14.3. The molecule has 0 unspecified atom stereocenters. The van der Waals surface area contributed by atoms with Gasteiger partial charge in [-0.05, 0) is 25.6 Å². The number of nitrogens with zero attached hydrogens (tertiary/aromatic N) is 1. The SMILES string of the molecule is CCOC(=O)[C@@H]1[C@@H]2CO[C@@H](c3ccccc3)[C@@H]2[C@H]1N(CC)CC. The van der Waals surface area contributed by atoms with Crippen LogP contribution in [0, 0.1) is 17.8 Å². The van der Waals surface area contributed by atoms with Crippen molar-refractivity contribution in [3.05, 3.63) is 35.9 Å². The van der Waals surface area contributed by atoms with Crippen LogP contribution in [-0.4, -0.2) is 43.2 Å². The van der Waals surface area contributed by atoms with Crippen molar-refractivity contribution in [3.8, 4) is 0 Å². The molecule has 1 aliphatic carbocycles. The van der Waals surface area contributed by atoms with Crippen LogP contribution in [0.5, 0.6) is 0 Å². The molecule has 3 rings (SSSR count). The largest absolute Gasteiger partial charge is 0.466 e. The van der Waals surface area contributed by atoms with Crippen molar-refractivity contribution in [2.24, 2.45) is 17.8 Å². The maximum absolute atomic E-state index is 12.5. The van der Waals surface area contributed by atoms with E-state index in [9.17, 15) is 4.79 Å². The summed E-state index contributed by atoms with van der Waals surface area (Å²) in [5, 5.41) is 0. The molecule has 0 bridgehead atoms. The highest BCUT2D eigenvalue weighted by Gasteiger charge is 2.62. The summed E-state index contributed by atoms with van der Waals surface area (Å²) < 4.78 is 11.5. The number of fused-ring (bicyclic) bond motifs is 1. The van der Waals surface area contributed by atoms with E-state index in [1.807, 2.05) is 13.0 Å². The molecule has 4 heteroatoms. The first-order valence-electron chi connectivity index (χ1n) is 8.80. The Hall–Kier alpha value is -1.39. The van der Waals surface area contributed by atoms with Crippen LogP contribution < -0.4 is 0 Å². The standard InChI is InChI=1S/C19H27NO3/c1-4-20(5-2)17-15-14(16(17)19(21)22-6-3)12-23-18(15)13-10-8-7-9-11-13/h7-11,14-18H,4-6,12H2,1-3H3/t14-,15+,16-,17-,18+/m1/s1. The smallest absolute Gasteiger partial charge is 0.310 e. The molecule has 2 fully saturated rings. The van der Waals surface area contributed by atoms with Crippen molar-refractivity contribution in [3.63, 3.8) is 0 Å². The highest BCUT2D eigenvalue weighted by atomic mass is 16.5. The maximum Gasteiger partial charge on any atom is 0.310 e. The van der Waals surface area contributed by atoms with Gasteiger partial charge in [-0.25, -0.2) is 0 Å². The number of rotatable bonds is 6. The quantitative estimate of drug-likeness (QED) is 0.756. The van der Waals surface area contributed by atoms with Crippen LogP contribution in [0.15, 0.2) is 30.3 Å². The minimum Gasteiger partial charge on any atom is -0.466 e. The number of hydrogen-bond acceptors (Lipinski definition) is 4. The molecule has 126 valence electrons. The van der Waals surface area contributed by atoms with E-state index in [0.717, 1.165) is 13.1 Å².